The normalized spacial score (nSPS) is 24.1. The zero-order valence-corrected chi connectivity index (χ0v) is 11.4. The van der Waals surface area contributed by atoms with Crippen LogP contribution in [0.25, 0.3) is 0 Å². The molecule has 0 unspecified atom stereocenters. The van der Waals surface area contributed by atoms with Crippen LogP contribution in [0.2, 0.25) is 0 Å². The van der Waals surface area contributed by atoms with Crippen molar-refractivity contribution >= 4 is 12.4 Å². The lowest BCUT2D eigenvalue weighted by Gasteiger charge is -2.31. The van der Waals surface area contributed by atoms with Gasteiger partial charge in [-0.2, -0.15) is 0 Å². The second-order valence-corrected chi connectivity index (χ2v) is 4.72. The number of ether oxygens (including phenoxy) is 1. The van der Waals surface area contributed by atoms with Gasteiger partial charge in [-0.3, -0.25) is 0 Å². The van der Waals surface area contributed by atoms with Crippen LogP contribution < -0.4 is 5.32 Å². The summed E-state index contributed by atoms with van der Waals surface area (Å²) in [6, 6.07) is 8.84. The van der Waals surface area contributed by atoms with Crippen LogP contribution in [0.15, 0.2) is 24.3 Å². The Labute approximate surface area is 110 Å². The third kappa shape index (κ3) is 3.98. The fourth-order valence-electron chi connectivity index (χ4n) is 2.44. The summed E-state index contributed by atoms with van der Waals surface area (Å²) in [7, 11) is 1.83. The maximum absolute atomic E-state index is 5.56. The molecule has 1 fully saturated rings. The highest BCUT2D eigenvalue weighted by molar-refractivity contribution is 5.85. The molecule has 0 bridgehead atoms. The van der Waals surface area contributed by atoms with Gasteiger partial charge in [0.2, 0.25) is 0 Å². The molecule has 1 heterocycles. The largest absolute Gasteiger partial charge is 0.381 e. The summed E-state index contributed by atoms with van der Waals surface area (Å²) >= 11 is 0. The van der Waals surface area contributed by atoms with Gasteiger partial charge < -0.3 is 10.1 Å². The molecule has 1 aliphatic heterocycles. The first-order valence-electron chi connectivity index (χ1n) is 6.08. The smallest absolute Gasteiger partial charge is 0.0626 e. The van der Waals surface area contributed by atoms with E-state index in [0.29, 0.717) is 12.0 Å². The average Bonchev–Trinajstić information content (AvgIpc) is 2.33. The Balaban J connectivity index is 0.00000144. The lowest BCUT2D eigenvalue weighted by atomic mass is 9.89. The standard InChI is InChI=1S/C14H21NO.ClH/c1-11-3-5-12(6-4-11)9-13-10-15-8-7-14(13)16-2;/h3-6,13-15H,7-10H2,1-2H3;1H/t13-,14-;/m1./s1. The predicted molar refractivity (Wildman–Crippen MR) is 73.9 cm³/mol. The topological polar surface area (TPSA) is 21.3 Å². The number of hydrogen-bond donors (Lipinski definition) is 1. The van der Waals surface area contributed by atoms with E-state index in [1.54, 1.807) is 0 Å². The number of nitrogens with one attached hydrogen (secondary N) is 1. The summed E-state index contributed by atoms with van der Waals surface area (Å²) in [6.45, 7) is 4.29. The van der Waals surface area contributed by atoms with E-state index in [1.807, 2.05) is 7.11 Å². The minimum Gasteiger partial charge on any atom is -0.381 e. The van der Waals surface area contributed by atoms with Crippen molar-refractivity contribution in [3.63, 3.8) is 0 Å². The molecule has 0 amide bonds. The molecule has 1 saturated heterocycles. The maximum Gasteiger partial charge on any atom is 0.0626 e. The van der Waals surface area contributed by atoms with Crippen molar-refractivity contribution in [2.45, 2.75) is 25.9 Å². The first-order chi connectivity index (χ1) is 7.79. The minimum absolute atomic E-state index is 0. The number of hydrogen-bond acceptors (Lipinski definition) is 2. The van der Waals surface area contributed by atoms with E-state index in [9.17, 15) is 0 Å². The predicted octanol–water partition coefficient (Wildman–Crippen LogP) is 2.58. The highest BCUT2D eigenvalue weighted by Gasteiger charge is 2.24. The van der Waals surface area contributed by atoms with Crippen molar-refractivity contribution in [3.05, 3.63) is 35.4 Å². The lowest BCUT2D eigenvalue weighted by molar-refractivity contribution is 0.0311. The molecule has 96 valence electrons. The van der Waals surface area contributed by atoms with Crippen LogP contribution in [0.5, 0.6) is 0 Å². The molecule has 1 aromatic rings. The van der Waals surface area contributed by atoms with Crippen molar-refractivity contribution in [3.8, 4) is 0 Å². The number of aryl methyl sites for hydroxylation is 1. The van der Waals surface area contributed by atoms with Gasteiger partial charge in [0.1, 0.15) is 0 Å². The monoisotopic (exact) mass is 255 g/mol. The molecule has 1 aliphatic rings. The van der Waals surface area contributed by atoms with Crippen molar-refractivity contribution in [2.75, 3.05) is 20.2 Å². The van der Waals surface area contributed by atoms with Crippen LogP contribution in [0, 0.1) is 12.8 Å². The molecule has 0 radical (unpaired) electrons. The second kappa shape index (κ2) is 7.00. The van der Waals surface area contributed by atoms with Crippen LogP contribution >= 0.6 is 12.4 Å². The summed E-state index contributed by atoms with van der Waals surface area (Å²) < 4.78 is 5.56. The van der Waals surface area contributed by atoms with Gasteiger partial charge >= 0.3 is 0 Å². The lowest BCUT2D eigenvalue weighted by Crippen LogP contribution is -2.41. The highest BCUT2D eigenvalue weighted by atomic mass is 35.5. The van der Waals surface area contributed by atoms with E-state index >= 15 is 0 Å². The molecular formula is C14H22ClNO. The Bertz CT molecular complexity index is 325. The zero-order chi connectivity index (χ0) is 11.4. The number of rotatable bonds is 3. The van der Waals surface area contributed by atoms with Gasteiger partial charge in [-0.05, 0) is 31.9 Å². The zero-order valence-electron chi connectivity index (χ0n) is 10.6. The van der Waals surface area contributed by atoms with Crippen LogP contribution in [-0.4, -0.2) is 26.3 Å². The van der Waals surface area contributed by atoms with Crippen molar-refractivity contribution in [1.29, 1.82) is 0 Å². The summed E-state index contributed by atoms with van der Waals surface area (Å²) in [4.78, 5) is 0. The van der Waals surface area contributed by atoms with Crippen LogP contribution in [0.1, 0.15) is 17.5 Å². The first-order valence-corrected chi connectivity index (χ1v) is 6.08. The van der Waals surface area contributed by atoms with Gasteiger partial charge in [-0.1, -0.05) is 29.8 Å². The molecule has 1 N–H and O–H groups in total. The fraction of sp³-hybridized carbons (Fsp3) is 0.571. The van der Waals surface area contributed by atoms with Gasteiger partial charge in [0.15, 0.2) is 0 Å². The molecule has 2 atom stereocenters. The van der Waals surface area contributed by atoms with Crippen molar-refractivity contribution < 1.29 is 4.74 Å². The second-order valence-electron chi connectivity index (χ2n) is 4.72. The van der Waals surface area contributed by atoms with E-state index in [2.05, 4.69) is 36.5 Å². The van der Waals surface area contributed by atoms with Gasteiger partial charge in [-0.15, -0.1) is 12.4 Å². The van der Waals surface area contributed by atoms with Crippen LogP contribution in [-0.2, 0) is 11.2 Å². The number of piperidine rings is 1. The molecule has 0 aromatic heterocycles. The molecule has 0 aliphatic carbocycles. The molecule has 17 heavy (non-hydrogen) atoms. The minimum atomic E-state index is 0. The van der Waals surface area contributed by atoms with E-state index in [0.717, 1.165) is 25.9 Å². The number of benzene rings is 1. The molecule has 3 heteroatoms. The van der Waals surface area contributed by atoms with E-state index in [1.165, 1.54) is 11.1 Å². The number of halogens is 1. The summed E-state index contributed by atoms with van der Waals surface area (Å²) in [5.41, 5.74) is 2.75. The summed E-state index contributed by atoms with van der Waals surface area (Å²) in [5.74, 6) is 0.612. The summed E-state index contributed by atoms with van der Waals surface area (Å²) in [6.07, 6.45) is 2.67. The fourth-order valence-corrected chi connectivity index (χ4v) is 2.44. The molecule has 2 rings (SSSR count). The van der Waals surface area contributed by atoms with Crippen LogP contribution in [0.4, 0.5) is 0 Å². The Morgan fingerprint density at radius 3 is 2.65 bits per heavy atom. The SMILES string of the molecule is CO[C@@H]1CCNC[C@H]1Cc1ccc(C)cc1.Cl. The van der Waals surface area contributed by atoms with Crippen molar-refractivity contribution in [2.24, 2.45) is 5.92 Å². The third-order valence-electron chi connectivity index (χ3n) is 3.46. The Hall–Kier alpha value is -0.570. The Morgan fingerprint density at radius 1 is 1.29 bits per heavy atom. The Kier molecular flexibility index (Phi) is 5.96. The van der Waals surface area contributed by atoms with Crippen LogP contribution in [0.3, 0.4) is 0 Å². The molecule has 0 spiro atoms. The third-order valence-corrected chi connectivity index (χ3v) is 3.46. The van der Waals surface area contributed by atoms with Gasteiger partial charge in [0, 0.05) is 19.6 Å². The molecular weight excluding hydrogens is 234 g/mol. The quantitative estimate of drug-likeness (QED) is 0.897. The molecule has 2 nitrogen and oxygen atoms in total. The molecule has 1 aromatic carbocycles. The molecule has 0 saturated carbocycles. The van der Waals surface area contributed by atoms with E-state index in [4.69, 9.17) is 4.74 Å². The Morgan fingerprint density at radius 2 is 2.00 bits per heavy atom. The first kappa shape index (κ1) is 14.5. The van der Waals surface area contributed by atoms with Gasteiger partial charge in [0.25, 0.3) is 0 Å². The van der Waals surface area contributed by atoms with Gasteiger partial charge in [-0.25, -0.2) is 0 Å². The highest BCUT2D eigenvalue weighted by Crippen LogP contribution is 2.19. The van der Waals surface area contributed by atoms with E-state index in [-0.39, 0.29) is 12.4 Å². The maximum atomic E-state index is 5.56. The van der Waals surface area contributed by atoms with E-state index < -0.39 is 0 Å². The summed E-state index contributed by atoms with van der Waals surface area (Å²) in [5, 5.41) is 3.45. The van der Waals surface area contributed by atoms with Gasteiger partial charge in [0.05, 0.1) is 6.10 Å². The van der Waals surface area contributed by atoms with Crippen molar-refractivity contribution in [1.82, 2.24) is 5.32 Å². The number of methoxy groups -OCH3 is 1. The average molecular weight is 256 g/mol.